The van der Waals surface area contributed by atoms with Crippen LogP contribution in [0.1, 0.15) is 24.2 Å². The summed E-state index contributed by atoms with van der Waals surface area (Å²) >= 11 is 3.45. The second-order valence-electron chi connectivity index (χ2n) is 4.26. The highest BCUT2D eigenvalue weighted by atomic mass is 79.9. The summed E-state index contributed by atoms with van der Waals surface area (Å²) in [4.78, 5) is 15.7. The Balaban J connectivity index is 2.12. The first kappa shape index (κ1) is 11.8. The van der Waals surface area contributed by atoms with E-state index in [0.29, 0.717) is 12.6 Å². The van der Waals surface area contributed by atoms with Crippen molar-refractivity contribution in [2.45, 2.75) is 39.3 Å². The number of aromatic nitrogens is 2. The van der Waals surface area contributed by atoms with Crippen molar-refractivity contribution in [1.82, 2.24) is 14.9 Å². The highest BCUT2D eigenvalue weighted by Crippen LogP contribution is 2.18. The van der Waals surface area contributed by atoms with Crippen LogP contribution in [-0.2, 0) is 6.54 Å². The predicted molar refractivity (Wildman–Crippen MR) is 66.7 cm³/mol. The number of rotatable bonds is 4. The van der Waals surface area contributed by atoms with Crippen molar-refractivity contribution in [2.24, 2.45) is 0 Å². The molecule has 1 aliphatic carbocycles. The molecule has 0 radical (unpaired) electrons. The quantitative estimate of drug-likeness (QED) is 0.909. The minimum atomic E-state index is -0.157. The second kappa shape index (κ2) is 4.67. The molecule has 1 aliphatic rings. The third-order valence-corrected chi connectivity index (χ3v) is 4.03. The molecule has 0 amide bonds. The Hall–Kier alpha value is -0.680. The first-order chi connectivity index (χ1) is 7.59. The van der Waals surface area contributed by atoms with Gasteiger partial charge in [0.15, 0.2) is 0 Å². The van der Waals surface area contributed by atoms with Gasteiger partial charge in [0.25, 0.3) is 0 Å². The summed E-state index contributed by atoms with van der Waals surface area (Å²) in [5.74, 6) is 0. The van der Waals surface area contributed by atoms with Gasteiger partial charge in [-0.2, -0.15) is 4.98 Å². The minimum Gasteiger partial charge on any atom is -0.312 e. The van der Waals surface area contributed by atoms with Crippen LogP contribution in [0.5, 0.6) is 0 Å². The van der Waals surface area contributed by atoms with Crippen LogP contribution in [0.15, 0.2) is 9.27 Å². The molecule has 88 valence electrons. The smallest absolute Gasteiger partial charge is 0.312 e. The molecule has 1 aromatic rings. The molecule has 1 heterocycles. The molecule has 1 fully saturated rings. The van der Waals surface area contributed by atoms with E-state index in [0.717, 1.165) is 22.4 Å². The van der Waals surface area contributed by atoms with Crippen molar-refractivity contribution >= 4 is 15.9 Å². The molecule has 1 saturated carbocycles. The summed E-state index contributed by atoms with van der Waals surface area (Å²) < 4.78 is 2.64. The Labute approximate surface area is 103 Å². The van der Waals surface area contributed by atoms with Gasteiger partial charge in [0.2, 0.25) is 0 Å². The summed E-state index contributed by atoms with van der Waals surface area (Å²) in [5.41, 5.74) is 1.56. The highest BCUT2D eigenvalue weighted by molar-refractivity contribution is 9.10. The van der Waals surface area contributed by atoms with Crippen molar-refractivity contribution in [1.29, 1.82) is 0 Å². The average molecular weight is 286 g/mol. The summed E-state index contributed by atoms with van der Waals surface area (Å²) in [7, 11) is 0. The Morgan fingerprint density at radius 1 is 1.50 bits per heavy atom. The fraction of sp³-hybridized carbons (Fsp3) is 0.636. The van der Waals surface area contributed by atoms with E-state index in [1.165, 1.54) is 12.8 Å². The second-order valence-corrected chi connectivity index (χ2v) is 5.05. The van der Waals surface area contributed by atoms with Crippen LogP contribution in [0.3, 0.4) is 0 Å². The van der Waals surface area contributed by atoms with E-state index in [1.807, 2.05) is 13.8 Å². The third-order valence-electron chi connectivity index (χ3n) is 2.88. The lowest BCUT2D eigenvalue weighted by molar-refractivity contribution is 0.560. The Kier molecular flexibility index (Phi) is 3.44. The average Bonchev–Trinajstić information content (AvgIpc) is 3.04. The maximum Gasteiger partial charge on any atom is 0.348 e. The van der Waals surface area contributed by atoms with Crippen LogP contribution in [0.25, 0.3) is 0 Å². The van der Waals surface area contributed by atoms with Gasteiger partial charge in [-0.1, -0.05) is 0 Å². The molecule has 0 bridgehead atoms. The van der Waals surface area contributed by atoms with Gasteiger partial charge in [-0.25, -0.2) is 4.79 Å². The molecule has 1 N–H and O–H groups in total. The lowest BCUT2D eigenvalue weighted by Gasteiger charge is -2.12. The van der Waals surface area contributed by atoms with Crippen molar-refractivity contribution in [3.63, 3.8) is 0 Å². The zero-order valence-corrected chi connectivity index (χ0v) is 11.2. The Morgan fingerprint density at radius 3 is 2.81 bits per heavy atom. The Bertz CT molecular complexity index is 451. The van der Waals surface area contributed by atoms with Gasteiger partial charge in [0.05, 0.1) is 10.2 Å². The molecule has 0 aliphatic heterocycles. The molecule has 0 atom stereocenters. The summed E-state index contributed by atoms with van der Waals surface area (Å²) in [6.45, 7) is 5.30. The van der Waals surface area contributed by atoms with E-state index in [1.54, 1.807) is 4.57 Å². The number of halogens is 1. The molecule has 4 nitrogen and oxygen atoms in total. The SMILES string of the molecule is Cc1nc(=O)n(CCNC2CC2)c(C)c1Br. The number of hydrogen-bond donors (Lipinski definition) is 1. The molecule has 0 saturated heterocycles. The lowest BCUT2D eigenvalue weighted by atomic mass is 10.3. The van der Waals surface area contributed by atoms with Crippen LogP contribution in [0, 0.1) is 13.8 Å². The zero-order valence-electron chi connectivity index (χ0n) is 9.59. The van der Waals surface area contributed by atoms with Crippen molar-refractivity contribution in [3.05, 3.63) is 26.3 Å². The van der Waals surface area contributed by atoms with Gasteiger partial charge >= 0.3 is 5.69 Å². The van der Waals surface area contributed by atoms with Gasteiger partial charge < -0.3 is 5.32 Å². The summed E-state index contributed by atoms with van der Waals surface area (Å²) in [5, 5.41) is 3.39. The van der Waals surface area contributed by atoms with Crippen molar-refractivity contribution in [3.8, 4) is 0 Å². The third kappa shape index (κ3) is 2.52. The highest BCUT2D eigenvalue weighted by Gasteiger charge is 2.20. The summed E-state index contributed by atoms with van der Waals surface area (Å²) in [6, 6.07) is 0.679. The normalized spacial score (nSPS) is 15.4. The first-order valence-corrected chi connectivity index (χ1v) is 6.36. The molecular formula is C11H16BrN3O. The standard InChI is InChI=1S/C11H16BrN3O/c1-7-10(12)8(2)15(11(16)14-7)6-5-13-9-3-4-9/h9,13H,3-6H2,1-2H3. The number of nitrogens with zero attached hydrogens (tertiary/aromatic N) is 2. The molecule has 0 unspecified atom stereocenters. The lowest BCUT2D eigenvalue weighted by Crippen LogP contribution is -2.31. The number of hydrogen-bond acceptors (Lipinski definition) is 3. The van der Waals surface area contributed by atoms with Crippen LogP contribution in [0.2, 0.25) is 0 Å². The van der Waals surface area contributed by atoms with E-state index in [9.17, 15) is 4.79 Å². The van der Waals surface area contributed by atoms with Crippen molar-refractivity contribution in [2.75, 3.05) is 6.54 Å². The van der Waals surface area contributed by atoms with Gasteiger partial charge in [0, 0.05) is 24.8 Å². The fourth-order valence-corrected chi connectivity index (χ4v) is 2.01. The number of aryl methyl sites for hydroxylation is 1. The van der Waals surface area contributed by atoms with Gasteiger partial charge in [-0.15, -0.1) is 0 Å². The molecular weight excluding hydrogens is 270 g/mol. The van der Waals surface area contributed by atoms with E-state index >= 15 is 0 Å². The molecule has 0 spiro atoms. The van der Waals surface area contributed by atoms with E-state index in [-0.39, 0.29) is 5.69 Å². The van der Waals surface area contributed by atoms with E-state index < -0.39 is 0 Å². The van der Waals surface area contributed by atoms with E-state index in [2.05, 4.69) is 26.2 Å². The van der Waals surface area contributed by atoms with Crippen LogP contribution in [0.4, 0.5) is 0 Å². The monoisotopic (exact) mass is 285 g/mol. The topological polar surface area (TPSA) is 46.9 Å². The Morgan fingerprint density at radius 2 is 2.19 bits per heavy atom. The fourth-order valence-electron chi connectivity index (χ4n) is 1.71. The minimum absolute atomic E-state index is 0.157. The van der Waals surface area contributed by atoms with Gasteiger partial charge in [-0.05, 0) is 42.6 Å². The van der Waals surface area contributed by atoms with E-state index in [4.69, 9.17) is 0 Å². The predicted octanol–water partition coefficient (Wildman–Crippen LogP) is 1.37. The molecule has 0 aromatic carbocycles. The maximum atomic E-state index is 11.7. The molecule has 1 aromatic heterocycles. The van der Waals surface area contributed by atoms with Crippen LogP contribution in [-0.4, -0.2) is 22.1 Å². The number of nitrogens with one attached hydrogen (secondary N) is 1. The molecule has 2 rings (SSSR count). The van der Waals surface area contributed by atoms with Crippen LogP contribution < -0.4 is 11.0 Å². The van der Waals surface area contributed by atoms with Gasteiger partial charge in [0.1, 0.15) is 0 Å². The maximum absolute atomic E-state index is 11.7. The largest absolute Gasteiger partial charge is 0.348 e. The van der Waals surface area contributed by atoms with Crippen molar-refractivity contribution < 1.29 is 0 Å². The first-order valence-electron chi connectivity index (χ1n) is 5.56. The molecule has 16 heavy (non-hydrogen) atoms. The molecule has 5 heteroatoms. The summed E-state index contributed by atoms with van der Waals surface area (Å²) in [6.07, 6.45) is 2.54. The zero-order chi connectivity index (χ0) is 11.7. The van der Waals surface area contributed by atoms with Crippen LogP contribution >= 0.6 is 15.9 Å². The van der Waals surface area contributed by atoms with Gasteiger partial charge in [-0.3, -0.25) is 4.57 Å².